The average molecular weight is 269 g/mol. The number of rotatable bonds is 6. The minimum absolute atomic E-state index is 0.0138. The Balaban J connectivity index is 2.52. The molecule has 0 aliphatic heterocycles. The van der Waals surface area contributed by atoms with Gasteiger partial charge in [-0.1, -0.05) is 27.2 Å². The lowest BCUT2D eigenvalue weighted by atomic mass is 9.92. The SMILES string of the molecule is CCC(C)C(C)C(=O)NCC(C)(O)c1ccsc1. The van der Waals surface area contributed by atoms with Gasteiger partial charge in [0.25, 0.3) is 0 Å². The molecular formula is C14H23NO2S. The van der Waals surface area contributed by atoms with Crippen molar-refractivity contribution < 1.29 is 9.90 Å². The van der Waals surface area contributed by atoms with Crippen LogP contribution in [0.15, 0.2) is 16.8 Å². The molecule has 0 radical (unpaired) electrons. The first-order valence-electron chi connectivity index (χ1n) is 6.41. The molecule has 1 aromatic heterocycles. The summed E-state index contributed by atoms with van der Waals surface area (Å²) >= 11 is 1.54. The van der Waals surface area contributed by atoms with Crippen molar-refractivity contribution in [2.75, 3.05) is 6.54 Å². The maximum Gasteiger partial charge on any atom is 0.223 e. The van der Waals surface area contributed by atoms with Gasteiger partial charge in [-0.3, -0.25) is 4.79 Å². The Morgan fingerprint density at radius 3 is 2.72 bits per heavy atom. The molecule has 1 amide bonds. The van der Waals surface area contributed by atoms with E-state index in [2.05, 4.69) is 19.2 Å². The lowest BCUT2D eigenvalue weighted by molar-refractivity contribution is -0.127. The van der Waals surface area contributed by atoms with E-state index >= 15 is 0 Å². The molecule has 18 heavy (non-hydrogen) atoms. The molecule has 0 bridgehead atoms. The Bertz CT molecular complexity index is 373. The van der Waals surface area contributed by atoms with Crippen LogP contribution in [0.25, 0.3) is 0 Å². The first-order valence-corrected chi connectivity index (χ1v) is 7.35. The van der Waals surface area contributed by atoms with Crippen molar-refractivity contribution in [1.29, 1.82) is 0 Å². The van der Waals surface area contributed by atoms with E-state index in [1.54, 1.807) is 18.3 Å². The first-order chi connectivity index (χ1) is 8.38. The van der Waals surface area contributed by atoms with Gasteiger partial charge in [-0.05, 0) is 35.2 Å². The average Bonchev–Trinajstić information content (AvgIpc) is 2.88. The Morgan fingerprint density at radius 2 is 2.22 bits per heavy atom. The monoisotopic (exact) mass is 269 g/mol. The van der Waals surface area contributed by atoms with E-state index in [1.807, 2.05) is 23.8 Å². The summed E-state index contributed by atoms with van der Waals surface area (Å²) in [6, 6.07) is 1.88. The minimum atomic E-state index is -0.995. The van der Waals surface area contributed by atoms with Gasteiger partial charge >= 0.3 is 0 Å². The fourth-order valence-corrected chi connectivity index (χ4v) is 2.49. The van der Waals surface area contributed by atoms with Gasteiger partial charge in [-0.25, -0.2) is 0 Å². The third-order valence-corrected chi connectivity index (χ3v) is 4.34. The second kappa shape index (κ2) is 6.34. The fraction of sp³-hybridized carbons (Fsp3) is 0.643. The number of nitrogens with one attached hydrogen (secondary N) is 1. The van der Waals surface area contributed by atoms with Crippen molar-refractivity contribution in [2.45, 2.75) is 39.7 Å². The van der Waals surface area contributed by atoms with Crippen LogP contribution in [0.3, 0.4) is 0 Å². The highest BCUT2D eigenvalue weighted by molar-refractivity contribution is 7.08. The summed E-state index contributed by atoms with van der Waals surface area (Å²) in [6.45, 7) is 8.06. The summed E-state index contributed by atoms with van der Waals surface area (Å²) in [5.74, 6) is 0.351. The van der Waals surface area contributed by atoms with E-state index in [4.69, 9.17) is 0 Å². The first kappa shape index (κ1) is 15.2. The smallest absolute Gasteiger partial charge is 0.223 e. The zero-order valence-corrected chi connectivity index (χ0v) is 12.4. The largest absolute Gasteiger partial charge is 0.384 e. The molecule has 0 saturated heterocycles. The van der Waals surface area contributed by atoms with Crippen LogP contribution in [0.4, 0.5) is 0 Å². The molecule has 0 aliphatic rings. The topological polar surface area (TPSA) is 49.3 Å². The van der Waals surface area contributed by atoms with Crippen LogP contribution in [0.5, 0.6) is 0 Å². The molecule has 102 valence electrons. The summed E-state index contributed by atoms with van der Waals surface area (Å²) in [5.41, 5.74) is -0.144. The van der Waals surface area contributed by atoms with E-state index in [0.717, 1.165) is 12.0 Å². The Morgan fingerprint density at radius 1 is 1.56 bits per heavy atom. The van der Waals surface area contributed by atoms with E-state index in [9.17, 15) is 9.90 Å². The third-order valence-electron chi connectivity index (χ3n) is 3.66. The highest BCUT2D eigenvalue weighted by Crippen LogP contribution is 2.22. The molecule has 1 rings (SSSR count). The van der Waals surface area contributed by atoms with E-state index in [-0.39, 0.29) is 18.4 Å². The predicted octanol–water partition coefficient (Wildman–Crippen LogP) is 2.75. The molecule has 3 atom stereocenters. The van der Waals surface area contributed by atoms with Crippen LogP contribution in [0.1, 0.15) is 39.7 Å². The lowest BCUT2D eigenvalue weighted by Crippen LogP contribution is -2.41. The molecule has 0 saturated carbocycles. The molecule has 0 spiro atoms. The normalized spacial score (nSPS) is 17.8. The fourth-order valence-electron chi connectivity index (χ4n) is 1.71. The van der Waals surface area contributed by atoms with Gasteiger partial charge in [-0.2, -0.15) is 11.3 Å². The van der Waals surface area contributed by atoms with Crippen LogP contribution in [-0.2, 0) is 10.4 Å². The molecule has 1 heterocycles. The van der Waals surface area contributed by atoms with Gasteiger partial charge in [0, 0.05) is 5.92 Å². The highest BCUT2D eigenvalue weighted by atomic mass is 32.1. The molecule has 0 aromatic carbocycles. The van der Waals surface area contributed by atoms with Crippen molar-refractivity contribution in [3.8, 4) is 0 Å². The van der Waals surface area contributed by atoms with Crippen LogP contribution in [0.2, 0.25) is 0 Å². The van der Waals surface area contributed by atoms with Gasteiger partial charge < -0.3 is 10.4 Å². The zero-order chi connectivity index (χ0) is 13.8. The maximum atomic E-state index is 11.9. The number of amides is 1. The van der Waals surface area contributed by atoms with E-state index in [0.29, 0.717) is 5.92 Å². The van der Waals surface area contributed by atoms with Crippen LogP contribution in [0, 0.1) is 11.8 Å². The van der Waals surface area contributed by atoms with Crippen LogP contribution < -0.4 is 5.32 Å². The predicted molar refractivity (Wildman–Crippen MR) is 75.5 cm³/mol. The Kier molecular flexibility index (Phi) is 5.35. The Labute approximate surface area is 113 Å². The van der Waals surface area contributed by atoms with E-state index in [1.165, 1.54) is 0 Å². The van der Waals surface area contributed by atoms with Crippen LogP contribution in [-0.4, -0.2) is 17.6 Å². The molecular weight excluding hydrogens is 246 g/mol. The number of aliphatic hydroxyl groups is 1. The van der Waals surface area contributed by atoms with Crippen molar-refractivity contribution >= 4 is 17.2 Å². The van der Waals surface area contributed by atoms with E-state index < -0.39 is 5.60 Å². The van der Waals surface area contributed by atoms with Gasteiger partial charge in [0.1, 0.15) is 5.60 Å². The summed E-state index contributed by atoms with van der Waals surface area (Å²) in [6.07, 6.45) is 0.982. The van der Waals surface area contributed by atoms with Crippen LogP contribution >= 0.6 is 11.3 Å². The quantitative estimate of drug-likeness (QED) is 0.834. The lowest BCUT2D eigenvalue weighted by Gasteiger charge is -2.25. The number of carbonyl (C=O) groups excluding carboxylic acids is 1. The van der Waals surface area contributed by atoms with Gasteiger partial charge in [0.15, 0.2) is 0 Å². The van der Waals surface area contributed by atoms with Gasteiger partial charge in [0.05, 0.1) is 6.54 Å². The number of thiophene rings is 1. The summed E-state index contributed by atoms with van der Waals surface area (Å²) < 4.78 is 0. The summed E-state index contributed by atoms with van der Waals surface area (Å²) in [7, 11) is 0. The molecule has 2 N–H and O–H groups in total. The van der Waals surface area contributed by atoms with Crippen molar-refractivity contribution in [1.82, 2.24) is 5.32 Å². The molecule has 3 unspecified atom stereocenters. The van der Waals surface area contributed by atoms with Crippen molar-refractivity contribution in [3.63, 3.8) is 0 Å². The molecule has 1 aromatic rings. The van der Waals surface area contributed by atoms with Gasteiger partial charge in [-0.15, -0.1) is 0 Å². The zero-order valence-electron chi connectivity index (χ0n) is 11.6. The number of carbonyl (C=O) groups is 1. The molecule has 4 heteroatoms. The standard InChI is InChI=1S/C14H23NO2S/c1-5-10(2)11(3)13(16)15-9-14(4,17)12-6-7-18-8-12/h6-8,10-11,17H,5,9H2,1-4H3,(H,15,16). The van der Waals surface area contributed by atoms with Crippen molar-refractivity contribution in [3.05, 3.63) is 22.4 Å². The minimum Gasteiger partial charge on any atom is -0.384 e. The second-order valence-corrected chi connectivity index (χ2v) is 5.96. The number of hydrogen-bond acceptors (Lipinski definition) is 3. The maximum absolute atomic E-state index is 11.9. The summed E-state index contributed by atoms with van der Waals surface area (Å²) in [4.78, 5) is 11.9. The molecule has 0 fully saturated rings. The Hall–Kier alpha value is -0.870. The highest BCUT2D eigenvalue weighted by Gasteiger charge is 2.26. The summed E-state index contributed by atoms with van der Waals surface area (Å²) in [5, 5.41) is 17.0. The van der Waals surface area contributed by atoms with Crippen molar-refractivity contribution in [2.24, 2.45) is 11.8 Å². The number of hydrogen-bond donors (Lipinski definition) is 2. The second-order valence-electron chi connectivity index (χ2n) is 5.18. The molecule has 0 aliphatic carbocycles. The third kappa shape index (κ3) is 3.82. The van der Waals surface area contributed by atoms with Gasteiger partial charge in [0.2, 0.25) is 5.91 Å². The molecule has 3 nitrogen and oxygen atoms in total.